The molecule has 326 valence electrons. The van der Waals surface area contributed by atoms with Crippen molar-refractivity contribution in [3.63, 3.8) is 0 Å². The summed E-state index contributed by atoms with van der Waals surface area (Å²) in [5.74, 6) is 0. The topological polar surface area (TPSA) is 6.48 Å². The van der Waals surface area contributed by atoms with Gasteiger partial charge in [-0.25, -0.2) is 0 Å². The zero-order valence-corrected chi connectivity index (χ0v) is 38.3. The first-order valence-corrected chi connectivity index (χ1v) is 24.2. The highest BCUT2D eigenvalue weighted by Gasteiger charge is 2.28. The first-order valence-electron chi connectivity index (χ1n) is 24.2. The number of para-hydroxylation sites is 2. The Morgan fingerprint density at radius 3 is 0.871 bits per heavy atom. The summed E-state index contributed by atoms with van der Waals surface area (Å²) >= 11 is 0. The monoisotopic (exact) mass is 888 g/mol. The van der Waals surface area contributed by atoms with Crippen molar-refractivity contribution in [2.45, 2.75) is 0 Å². The van der Waals surface area contributed by atoms with Crippen LogP contribution in [0.4, 0.5) is 34.1 Å². The van der Waals surface area contributed by atoms with Gasteiger partial charge in [0.2, 0.25) is 0 Å². The van der Waals surface area contributed by atoms with Crippen LogP contribution in [0.3, 0.4) is 0 Å². The van der Waals surface area contributed by atoms with Crippen LogP contribution >= 0.6 is 0 Å². The van der Waals surface area contributed by atoms with Gasteiger partial charge in [-0.2, -0.15) is 0 Å². The van der Waals surface area contributed by atoms with Crippen molar-refractivity contribution in [2.75, 3.05) is 9.80 Å². The van der Waals surface area contributed by atoms with Gasteiger partial charge in [-0.1, -0.05) is 218 Å². The molecule has 0 N–H and O–H groups in total. The lowest BCUT2D eigenvalue weighted by atomic mass is 9.97. The zero-order valence-electron chi connectivity index (χ0n) is 38.3. The second kappa shape index (κ2) is 16.2. The van der Waals surface area contributed by atoms with Crippen molar-refractivity contribution in [3.8, 4) is 77.9 Å². The summed E-state index contributed by atoms with van der Waals surface area (Å²) in [5, 5.41) is 5.08. The predicted octanol–water partition coefficient (Wildman–Crippen LogP) is 19.2. The molecule has 2 aliphatic rings. The number of hydrogen-bond acceptors (Lipinski definition) is 2. The first kappa shape index (κ1) is 39.9. The minimum atomic E-state index is 1.10. The molecule has 0 fully saturated rings. The van der Waals surface area contributed by atoms with Gasteiger partial charge in [-0.3, -0.25) is 0 Å². The summed E-state index contributed by atoms with van der Waals surface area (Å²) in [6.07, 6.45) is 0. The molecule has 0 unspecified atom stereocenters. The standard InChI is InChI=1S/C68H44N2/c1-3-17-47(18-4-1)51-21-11-13-31-63(51)69(65-43-41-59-55-25-9-7-23-53(55)57-27-15-29-61(65)67(57)59)49-37-33-45(34-38-49)46-35-39-50(40-36-46)70(64-32-14-12-22-52(64)48-19-5-2-6-20-48)66-44-42-60-56-26-10-8-24-54(56)58-28-16-30-62(66)68(58)60/h1-44H. The van der Waals surface area contributed by atoms with Crippen molar-refractivity contribution in [1.82, 2.24) is 0 Å². The molecular weight excluding hydrogens is 845 g/mol. The van der Waals surface area contributed by atoms with Gasteiger partial charge in [-0.05, 0) is 126 Å². The molecule has 0 saturated heterocycles. The molecule has 12 aromatic rings. The minimum absolute atomic E-state index is 1.10. The quantitative estimate of drug-likeness (QED) is 0.142. The van der Waals surface area contributed by atoms with E-state index >= 15 is 0 Å². The molecule has 0 aromatic heterocycles. The molecule has 0 atom stereocenters. The highest BCUT2D eigenvalue weighted by molar-refractivity contribution is 6.21. The van der Waals surface area contributed by atoms with E-state index in [1.54, 1.807) is 0 Å². The van der Waals surface area contributed by atoms with Gasteiger partial charge in [0.1, 0.15) is 0 Å². The van der Waals surface area contributed by atoms with E-state index in [1.165, 1.54) is 88.3 Å². The normalized spacial score (nSPS) is 11.7. The van der Waals surface area contributed by atoms with Crippen LogP contribution in [-0.2, 0) is 0 Å². The smallest absolute Gasteiger partial charge is 0.0540 e. The fraction of sp³-hybridized carbons (Fsp3) is 0. The molecule has 2 nitrogen and oxygen atoms in total. The van der Waals surface area contributed by atoms with E-state index < -0.39 is 0 Å². The maximum Gasteiger partial charge on any atom is 0.0540 e. The molecule has 2 aliphatic carbocycles. The van der Waals surface area contributed by atoms with Gasteiger partial charge in [0.05, 0.1) is 22.7 Å². The molecule has 0 aliphatic heterocycles. The summed E-state index contributed by atoms with van der Waals surface area (Å²) in [7, 11) is 0. The lowest BCUT2D eigenvalue weighted by molar-refractivity contribution is 1.29. The van der Waals surface area contributed by atoms with Crippen molar-refractivity contribution in [3.05, 3.63) is 267 Å². The predicted molar refractivity (Wildman–Crippen MR) is 296 cm³/mol. The van der Waals surface area contributed by atoms with Crippen molar-refractivity contribution >= 4 is 55.7 Å². The molecule has 0 saturated carbocycles. The fourth-order valence-electron chi connectivity index (χ4n) is 11.5. The Kier molecular flexibility index (Phi) is 9.25. The van der Waals surface area contributed by atoms with E-state index in [0.717, 1.165) is 45.3 Å². The van der Waals surface area contributed by atoms with E-state index in [9.17, 15) is 0 Å². The second-order valence-corrected chi connectivity index (χ2v) is 18.3. The van der Waals surface area contributed by atoms with Gasteiger partial charge < -0.3 is 9.80 Å². The first-order chi connectivity index (χ1) is 34.8. The number of nitrogens with zero attached hydrogens (tertiary/aromatic N) is 2. The Bertz CT molecular complexity index is 3660. The largest absolute Gasteiger partial charge is 0.309 e. The summed E-state index contributed by atoms with van der Waals surface area (Å²) in [6, 6.07) is 97.9. The van der Waals surface area contributed by atoms with Gasteiger partial charge in [0, 0.05) is 33.3 Å². The van der Waals surface area contributed by atoms with E-state index in [1.807, 2.05) is 0 Å². The Hall–Kier alpha value is -9.24. The van der Waals surface area contributed by atoms with Crippen LogP contribution in [0.1, 0.15) is 0 Å². The van der Waals surface area contributed by atoms with Crippen LogP contribution in [-0.4, -0.2) is 0 Å². The number of anilines is 6. The zero-order chi connectivity index (χ0) is 46.1. The molecule has 12 aromatic carbocycles. The Balaban J connectivity index is 0.888. The molecule has 0 amide bonds. The van der Waals surface area contributed by atoms with Gasteiger partial charge >= 0.3 is 0 Å². The molecule has 70 heavy (non-hydrogen) atoms. The molecule has 0 bridgehead atoms. The fourth-order valence-corrected chi connectivity index (χ4v) is 11.5. The van der Waals surface area contributed by atoms with Crippen LogP contribution in [0.5, 0.6) is 0 Å². The molecule has 14 rings (SSSR count). The lowest BCUT2D eigenvalue weighted by Crippen LogP contribution is -2.12. The van der Waals surface area contributed by atoms with Gasteiger partial charge in [-0.15, -0.1) is 0 Å². The summed E-state index contributed by atoms with van der Waals surface area (Å²) in [5.41, 5.74) is 24.1. The number of benzene rings is 12. The number of fused-ring (bicyclic) bond motifs is 6. The van der Waals surface area contributed by atoms with Crippen LogP contribution in [0.2, 0.25) is 0 Å². The van der Waals surface area contributed by atoms with Crippen molar-refractivity contribution < 1.29 is 0 Å². The molecule has 0 radical (unpaired) electrons. The molecular formula is C68H44N2. The Labute approximate surface area is 408 Å². The maximum absolute atomic E-state index is 2.46. The number of hydrogen-bond donors (Lipinski definition) is 0. The van der Waals surface area contributed by atoms with E-state index in [2.05, 4.69) is 277 Å². The third-order valence-electron chi connectivity index (χ3n) is 14.6. The van der Waals surface area contributed by atoms with Gasteiger partial charge in [0.15, 0.2) is 0 Å². The number of rotatable bonds is 9. The average molecular weight is 889 g/mol. The summed E-state index contributed by atoms with van der Waals surface area (Å²) in [6.45, 7) is 0. The maximum atomic E-state index is 2.46. The van der Waals surface area contributed by atoms with Crippen LogP contribution in [0.25, 0.3) is 99.4 Å². The van der Waals surface area contributed by atoms with Crippen LogP contribution in [0.15, 0.2) is 267 Å². The van der Waals surface area contributed by atoms with Crippen LogP contribution in [0, 0.1) is 0 Å². The van der Waals surface area contributed by atoms with Crippen molar-refractivity contribution in [1.29, 1.82) is 0 Å². The molecule has 0 heterocycles. The Morgan fingerprint density at radius 2 is 0.486 bits per heavy atom. The van der Waals surface area contributed by atoms with E-state index in [-0.39, 0.29) is 0 Å². The highest BCUT2D eigenvalue weighted by Crippen LogP contribution is 2.54. The molecule has 0 spiro atoms. The minimum Gasteiger partial charge on any atom is -0.309 e. The van der Waals surface area contributed by atoms with E-state index in [0.29, 0.717) is 0 Å². The average Bonchev–Trinajstić information content (AvgIpc) is 3.95. The van der Waals surface area contributed by atoms with Crippen molar-refractivity contribution in [2.24, 2.45) is 0 Å². The van der Waals surface area contributed by atoms with E-state index in [4.69, 9.17) is 0 Å². The third kappa shape index (κ3) is 6.27. The van der Waals surface area contributed by atoms with Crippen LogP contribution < -0.4 is 9.80 Å². The highest BCUT2D eigenvalue weighted by atomic mass is 15.2. The second-order valence-electron chi connectivity index (χ2n) is 18.3. The SMILES string of the molecule is c1ccc(-c2ccccc2N(c2ccc(-c3ccc(N(c4ccccc4-c4ccccc4)c4ccc5c6c(cccc46)-c4ccccc4-5)cc3)cc2)c2ccc3c4c(cccc24)-c2ccccc2-3)cc1. The third-order valence-corrected chi connectivity index (χ3v) is 14.6. The lowest BCUT2D eigenvalue weighted by Gasteiger charge is -2.30. The van der Waals surface area contributed by atoms with Gasteiger partial charge in [0.25, 0.3) is 0 Å². The Morgan fingerprint density at radius 1 is 0.171 bits per heavy atom. The summed E-state index contributed by atoms with van der Waals surface area (Å²) in [4.78, 5) is 4.92. The summed E-state index contributed by atoms with van der Waals surface area (Å²) < 4.78 is 0. The molecule has 2 heteroatoms.